The van der Waals surface area contributed by atoms with E-state index in [4.69, 9.17) is 9.15 Å². The fourth-order valence-corrected chi connectivity index (χ4v) is 8.59. The molecular formula is C38H38N2O8S2+2. The first-order valence-electron chi connectivity index (χ1n) is 16.5. The summed E-state index contributed by atoms with van der Waals surface area (Å²) in [5, 5.41) is 0. The van der Waals surface area contributed by atoms with Gasteiger partial charge in [-0.25, -0.2) is 4.48 Å². The first kappa shape index (κ1) is 33.9. The number of hydrogen-bond donors (Lipinski definition) is 2. The van der Waals surface area contributed by atoms with E-state index in [1.807, 2.05) is 121 Å². The maximum Gasteiger partial charge on any atom is 0.374 e. The Labute approximate surface area is 291 Å². The van der Waals surface area contributed by atoms with Crippen LogP contribution in [0.3, 0.4) is 0 Å². The molecular weight excluding hydrogens is 677 g/mol. The first-order valence-corrected chi connectivity index (χ1v) is 19.5. The van der Waals surface area contributed by atoms with E-state index in [0.717, 1.165) is 33.3 Å². The third kappa shape index (κ3) is 5.86. The fourth-order valence-electron chi connectivity index (χ4n) is 7.07. The summed E-state index contributed by atoms with van der Waals surface area (Å²) in [6.07, 6.45) is 4.54. The third-order valence-electron chi connectivity index (χ3n) is 9.99. The number of benzene rings is 4. The summed E-state index contributed by atoms with van der Waals surface area (Å²) in [5.74, 6) is 0.914. The molecule has 4 aromatic carbocycles. The molecule has 5 aromatic rings. The fraction of sp³-hybridized carbons (Fsp3) is 0.237. The molecule has 7 rings (SSSR count). The van der Waals surface area contributed by atoms with E-state index in [1.54, 1.807) is 6.92 Å². The van der Waals surface area contributed by atoms with Crippen molar-refractivity contribution in [1.29, 1.82) is 0 Å². The molecule has 0 bridgehead atoms. The molecule has 2 aliphatic rings. The maximum atomic E-state index is 13.1. The van der Waals surface area contributed by atoms with Crippen molar-refractivity contribution in [2.45, 2.75) is 44.5 Å². The molecule has 10 nitrogen and oxygen atoms in total. The minimum Gasteiger partial charge on any atom is -0.406 e. The van der Waals surface area contributed by atoms with E-state index >= 15 is 0 Å². The largest absolute Gasteiger partial charge is 0.406 e. The summed E-state index contributed by atoms with van der Waals surface area (Å²) < 4.78 is 83.9. The van der Waals surface area contributed by atoms with Crippen LogP contribution < -0.4 is 13.8 Å². The molecule has 2 aliphatic heterocycles. The Kier molecular flexibility index (Phi) is 8.56. The van der Waals surface area contributed by atoms with Gasteiger partial charge in [0.2, 0.25) is 10.5 Å². The van der Waals surface area contributed by atoms with E-state index in [2.05, 4.69) is 0 Å². The number of quaternary nitrogens is 1. The van der Waals surface area contributed by atoms with Gasteiger partial charge in [-0.15, -0.1) is 0 Å². The highest BCUT2D eigenvalue weighted by Crippen LogP contribution is 2.59. The molecule has 2 N–H and O–H groups in total. The van der Waals surface area contributed by atoms with Crippen LogP contribution >= 0.6 is 0 Å². The minimum atomic E-state index is -4.55. The topological polar surface area (TPSA) is 135 Å². The molecule has 1 spiro atoms. The van der Waals surface area contributed by atoms with Crippen molar-refractivity contribution in [1.82, 2.24) is 4.48 Å². The number of aryl methyl sites for hydroxylation is 1. The molecule has 50 heavy (non-hydrogen) atoms. The van der Waals surface area contributed by atoms with Crippen LogP contribution in [0.2, 0.25) is 0 Å². The summed E-state index contributed by atoms with van der Waals surface area (Å²) in [5.41, 5.74) is 6.57. The van der Waals surface area contributed by atoms with Crippen LogP contribution in [0.1, 0.15) is 39.0 Å². The zero-order valence-corrected chi connectivity index (χ0v) is 29.3. The lowest BCUT2D eigenvalue weighted by molar-refractivity contribution is -0.677. The standard InChI is InChI=1S/C38H36N2O8S2/c1-3-27(23-36-39(20-10-22-49(41,42)43)32-25-30(15-17-34(32)47-36)28-11-6-4-7-12-28)24-37-40(21-19-38(40,2)50(44,45)46)33-26-31(16-18-35(33)48-37)29-13-8-5-9-14-29/h4-9,11-18,23-26H,3,10,19-22H2,1-2H3/p+2. The lowest BCUT2D eigenvalue weighted by Crippen LogP contribution is -2.75. The van der Waals surface area contributed by atoms with Gasteiger partial charge in [-0.3, -0.25) is 9.11 Å². The highest BCUT2D eigenvalue weighted by atomic mass is 32.2. The molecule has 3 heterocycles. The van der Waals surface area contributed by atoms with Gasteiger partial charge in [0.05, 0.1) is 24.8 Å². The maximum absolute atomic E-state index is 13.1. The van der Waals surface area contributed by atoms with Gasteiger partial charge in [-0.1, -0.05) is 79.7 Å². The zero-order valence-electron chi connectivity index (χ0n) is 27.7. The number of hydrogen-bond acceptors (Lipinski definition) is 6. The normalized spacial score (nSPS) is 21.4. The second kappa shape index (κ2) is 12.6. The molecule has 2 atom stereocenters. The van der Waals surface area contributed by atoms with Crippen LogP contribution in [0.4, 0.5) is 5.69 Å². The van der Waals surface area contributed by atoms with Crippen LogP contribution in [0.5, 0.6) is 5.75 Å². The number of fused-ring (bicyclic) bond motifs is 3. The predicted octanol–water partition coefficient (Wildman–Crippen LogP) is 7.37. The Morgan fingerprint density at radius 1 is 0.880 bits per heavy atom. The van der Waals surface area contributed by atoms with Crippen molar-refractivity contribution in [3.8, 4) is 28.0 Å². The van der Waals surface area contributed by atoms with Crippen molar-refractivity contribution >= 4 is 43.1 Å². The quantitative estimate of drug-likeness (QED) is 0.0870. The minimum absolute atomic E-state index is 0.145. The Hall–Kier alpha value is -4.59. The molecule has 0 saturated carbocycles. The van der Waals surface area contributed by atoms with Gasteiger partial charge < -0.3 is 9.15 Å². The summed E-state index contributed by atoms with van der Waals surface area (Å²) in [6, 6.07) is 31.2. The van der Waals surface area contributed by atoms with Crippen LogP contribution in [0.25, 0.3) is 39.4 Å². The molecule has 0 radical (unpaired) electrons. The van der Waals surface area contributed by atoms with Gasteiger partial charge in [-0.2, -0.15) is 21.4 Å². The van der Waals surface area contributed by atoms with E-state index in [-0.39, 0.29) is 23.9 Å². The summed E-state index contributed by atoms with van der Waals surface area (Å²) >= 11 is 0. The first-order chi connectivity index (χ1) is 23.8. The molecule has 12 heteroatoms. The Morgan fingerprint density at radius 2 is 1.52 bits per heavy atom. The number of oxazole rings is 1. The lowest BCUT2D eigenvalue weighted by Gasteiger charge is -2.52. The van der Waals surface area contributed by atoms with Crippen LogP contribution in [-0.2, 0) is 26.8 Å². The number of nitrogens with zero attached hydrogens (tertiary/aromatic N) is 2. The Bertz CT molecular complexity index is 2390. The summed E-state index contributed by atoms with van der Waals surface area (Å²) in [6.45, 7) is 4.15. The smallest absolute Gasteiger partial charge is 0.374 e. The van der Waals surface area contributed by atoms with E-state index < -0.39 is 30.9 Å². The van der Waals surface area contributed by atoms with Gasteiger partial charge >= 0.3 is 21.9 Å². The Morgan fingerprint density at radius 3 is 2.10 bits per heavy atom. The molecule has 0 aliphatic carbocycles. The number of rotatable bonds is 10. The van der Waals surface area contributed by atoms with Gasteiger partial charge in [0.15, 0.2) is 18.0 Å². The lowest BCUT2D eigenvalue weighted by atomic mass is 9.94. The molecule has 258 valence electrons. The van der Waals surface area contributed by atoms with Gasteiger partial charge in [-0.05, 0) is 46.4 Å². The third-order valence-corrected chi connectivity index (χ3v) is 12.4. The van der Waals surface area contributed by atoms with Gasteiger partial charge in [0.25, 0.3) is 15.6 Å². The van der Waals surface area contributed by atoms with Crippen LogP contribution in [0, 0.1) is 0 Å². The predicted molar refractivity (Wildman–Crippen MR) is 193 cm³/mol. The number of allylic oxidation sites excluding steroid dienone is 2. The highest BCUT2D eigenvalue weighted by Gasteiger charge is 2.72. The molecule has 1 aromatic heterocycles. The van der Waals surface area contributed by atoms with E-state index in [9.17, 15) is 25.9 Å². The van der Waals surface area contributed by atoms with E-state index in [0.29, 0.717) is 41.8 Å². The van der Waals surface area contributed by atoms with Crippen molar-refractivity contribution < 1.29 is 39.7 Å². The van der Waals surface area contributed by atoms with Crippen molar-refractivity contribution in [2.75, 3.05) is 12.3 Å². The molecule has 2 unspecified atom stereocenters. The second-order valence-corrected chi connectivity index (χ2v) is 16.3. The average Bonchev–Trinajstić information content (AvgIpc) is 3.61. The highest BCUT2D eigenvalue weighted by molar-refractivity contribution is 7.87. The van der Waals surface area contributed by atoms with Gasteiger partial charge in [0, 0.05) is 31.6 Å². The average molecular weight is 715 g/mol. The van der Waals surface area contributed by atoms with Gasteiger partial charge in [0.1, 0.15) is 0 Å². The second-order valence-electron chi connectivity index (χ2n) is 12.9. The SMILES string of the molecule is CCC(=Cc1oc2ccc(-c3ccccc3)cc2[n+]1CCCS(=O)(=O)O)C=C1Oc2ccc(-c3ccccc3)cc2[N+]12CCC2(C)S(=O)(=O)O. The molecule has 1 fully saturated rings. The number of ether oxygens (including phenoxy) is 1. The monoisotopic (exact) mass is 714 g/mol. The van der Waals surface area contributed by atoms with Crippen molar-refractivity contribution in [2.24, 2.45) is 0 Å². The van der Waals surface area contributed by atoms with Crippen molar-refractivity contribution in [3.63, 3.8) is 0 Å². The molecule has 0 amide bonds. The Balaban J connectivity index is 1.35. The van der Waals surface area contributed by atoms with Crippen LogP contribution in [-0.4, -0.2) is 43.1 Å². The zero-order chi connectivity index (χ0) is 35.3. The molecule has 1 saturated heterocycles. The summed E-state index contributed by atoms with van der Waals surface area (Å²) in [4.78, 5) is -1.58. The van der Waals surface area contributed by atoms with Crippen LogP contribution in [0.15, 0.2) is 119 Å². The van der Waals surface area contributed by atoms with Crippen molar-refractivity contribution in [3.05, 3.63) is 120 Å². The number of aromatic nitrogens is 1. The van der Waals surface area contributed by atoms with E-state index in [1.165, 1.54) is 0 Å². The summed E-state index contributed by atoms with van der Waals surface area (Å²) in [7, 11) is -8.72.